The number of alkyl halides is 2. The van der Waals surface area contributed by atoms with Crippen LogP contribution in [0.15, 0.2) is 30.5 Å². The molecule has 0 saturated heterocycles. The Morgan fingerprint density at radius 2 is 1.95 bits per heavy atom. The minimum atomic E-state index is -3.54. The molecule has 0 saturated carbocycles. The number of halogens is 3. The van der Waals surface area contributed by atoms with E-state index in [2.05, 4.69) is 38.8 Å². The van der Waals surface area contributed by atoms with Gasteiger partial charge in [0.25, 0.3) is 6.43 Å². The smallest absolute Gasteiger partial charge is 0.250 e. The zero-order chi connectivity index (χ0) is 28.3. The van der Waals surface area contributed by atoms with Gasteiger partial charge in [-0.15, -0.1) is 0 Å². The Morgan fingerprint density at radius 3 is 2.64 bits per heavy atom. The molecule has 1 aliphatic heterocycles. The summed E-state index contributed by atoms with van der Waals surface area (Å²) >= 11 is 6.11. The first-order valence-corrected chi connectivity index (χ1v) is 14.7. The van der Waals surface area contributed by atoms with Gasteiger partial charge < -0.3 is 15.0 Å². The lowest BCUT2D eigenvalue weighted by Gasteiger charge is -2.27. The van der Waals surface area contributed by atoms with E-state index < -0.39 is 23.0 Å². The number of nitrogens with zero attached hydrogens (tertiary/aromatic N) is 4. The molecule has 0 unspecified atom stereocenters. The fourth-order valence-corrected chi connectivity index (χ4v) is 5.31. The molecule has 2 N–H and O–H groups in total. The van der Waals surface area contributed by atoms with E-state index in [1.807, 2.05) is 25.1 Å². The highest BCUT2D eigenvalue weighted by atomic mass is 35.5. The predicted molar refractivity (Wildman–Crippen MR) is 148 cm³/mol. The van der Waals surface area contributed by atoms with Crippen LogP contribution in [-0.2, 0) is 23.1 Å². The van der Waals surface area contributed by atoms with Gasteiger partial charge in [-0.25, -0.2) is 32.2 Å². The van der Waals surface area contributed by atoms with Gasteiger partial charge in [-0.2, -0.15) is 0 Å². The van der Waals surface area contributed by atoms with Crippen LogP contribution < -0.4 is 19.7 Å². The number of aryl methyl sites for hydroxylation is 1. The van der Waals surface area contributed by atoms with Crippen LogP contribution in [0.25, 0.3) is 11.1 Å². The summed E-state index contributed by atoms with van der Waals surface area (Å²) in [6.45, 7) is 7.23. The molecule has 1 aliphatic rings. The molecule has 4 rings (SSSR count). The largest absolute Gasteiger partial charge is 0.491 e. The molecular formula is C26H31ClF2N6O3S. The average molecular weight is 581 g/mol. The van der Waals surface area contributed by atoms with Crippen LogP contribution in [0.5, 0.6) is 5.75 Å². The summed E-state index contributed by atoms with van der Waals surface area (Å²) in [5.41, 5.74) is 4.38. The number of ether oxygens (including phenoxy) is 1. The zero-order valence-electron chi connectivity index (χ0n) is 22.1. The number of fused-ring (bicyclic) bond motifs is 1. The minimum absolute atomic E-state index is 0.0487. The Bertz CT molecular complexity index is 1460. The summed E-state index contributed by atoms with van der Waals surface area (Å²) in [6, 6.07) is 7.36. The van der Waals surface area contributed by atoms with Crippen molar-refractivity contribution in [2.75, 3.05) is 35.6 Å². The van der Waals surface area contributed by atoms with E-state index in [0.29, 0.717) is 31.1 Å². The number of sulfonamides is 1. The number of hydrogen-bond donors (Lipinski definition) is 2. The van der Waals surface area contributed by atoms with Crippen molar-refractivity contribution in [1.29, 1.82) is 0 Å². The van der Waals surface area contributed by atoms with Gasteiger partial charge in [-0.1, -0.05) is 31.5 Å². The Labute approximate surface area is 232 Å². The van der Waals surface area contributed by atoms with Crippen LogP contribution in [0.4, 0.5) is 20.3 Å². The highest BCUT2D eigenvalue weighted by Crippen LogP contribution is 2.35. The Hall–Kier alpha value is -3.09. The predicted octanol–water partition coefficient (Wildman–Crippen LogP) is 4.75. The second-order valence-electron chi connectivity index (χ2n) is 9.67. The number of aromatic nitrogens is 3. The lowest BCUT2D eigenvalue weighted by Crippen LogP contribution is -2.29. The molecule has 1 aromatic carbocycles. The van der Waals surface area contributed by atoms with Gasteiger partial charge in [0.15, 0.2) is 5.15 Å². The lowest BCUT2D eigenvalue weighted by atomic mass is 10.0. The lowest BCUT2D eigenvalue weighted by molar-refractivity contribution is 0.145. The second kappa shape index (κ2) is 12.0. The molecule has 3 aromatic rings. The maximum Gasteiger partial charge on any atom is 0.250 e. The average Bonchev–Trinajstić information content (AvgIpc) is 3.05. The van der Waals surface area contributed by atoms with E-state index in [9.17, 15) is 17.2 Å². The van der Waals surface area contributed by atoms with E-state index in [4.69, 9.17) is 21.3 Å². The van der Waals surface area contributed by atoms with Gasteiger partial charge in [-0.05, 0) is 36.6 Å². The molecule has 0 fully saturated rings. The van der Waals surface area contributed by atoms with Crippen molar-refractivity contribution in [1.82, 2.24) is 20.3 Å². The highest BCUT2D eigenvalue weighted by molar-refractivity contribution is 7.92. The summed E-state index contributed by atoms with van der Waals surface area (Å²) in [6.07, 6.45) is 0.171. The van der Waals surface area contributed by atoms with Crippen LogP contribution in [0.1, 0.15) is 42.4 Å². The molecule has 0 radical (unpaired) electrons. The minimum Gasteiger partial charge on any atom is -0.491 e. The van der Waals surface area contributed by atoms with Gasteiger partial charge in [-0.3, -0.25) is 4.72 Å². The first kappa shape index (κ1) is 28.9. The fraction of sp³-hybridized carbons (Fsp3) is 0.423. The van der Waals surface area contributed by atoms with E-state index in [1.165, 1.54) is 0 Å². The van der Waals surface area contributed by atoms with Crippen molar-refractivity contribution >= 4 is 33.1 Å². The Morgan fingerprint density at radius 1 is 1.18 bits per heavy atom. The molecule has 0 aliphatic carbocycles. The Balaban J connectivity index is 1.68. The fourth-order valence-electron chi connectivity index (χ4n) is 4.54. The Kier molecular flexibility index (Phi) is 8.87. The van der Waals surface area contributed by atoms with Crippen LogP contribution in [0.3, 0.4) is 0 Å². The molecular weight excluding hydrogens is 550 g/mol. The number of rotatable bonds is 9. The van der Waals surface area contributed by atoms with Gasteiger partial charge in [0.05, 0.1) is 31.6 Å². The third-order valence-electron chi connectivity index (χ3n) is 6.13. The van der Waals surface area contributed by atoms with Gasteiger partial charge in [0.2, 0.25) is 10.0 Å². The number of anilines is 2. The summed E-state index contributed by atoms with van der Waals surface area (Å²) in [5.74, 6) is 2.07. The van der Waals surface area contributed by atoms with Crippen molar-refractivity contribution in [3.63, 3.8) is 0 Å². The number of nitrogens with one attached hydrogen (secondary N) is 2. The molecule has 210 valence electrons. The third kappa shape index (κ3) is 7.31. The summed E-state index contributed by atoms with van der Waals surface area (Å²) in [5, 5.41) is 2.76. The SMILES string of the molecule is Cc1nc(CNCC(F)F)nc(N2CCOc3ccc(-c4cnc(Cl)c(NS(C)(=O)=O)c4)cc3C2)c1C(C)C. The summed E-state index contributed by atoms with van der Waals surface area (Å²) in [7, 11) is -3.54. The maximum atomic E-state index is 12.6. The number of benzene rings is 1. The second-order valence-corrected chi connectivity index (χ2v) is 11.8. The van der Waals surface area contributed by atoms with E-state index in [1.54, 1.807) is 12.3 Å². The van der Waals surface area contributed by atoms with Gasteiger partial charge >= 0.3 is 0 Å². The van der Waals surface area contributed by atoms with E-state index in [0.717, 1.165) is 40.2 Å². The van der Waals surface area contributed by atoms with Crippen LogP contribution in [0.2, 0.25) is 5.15 Å². The topological polar surface area (TPSA) is 109 Å². The van der Waals surface area contributed by atoms with Crippen molar-refractivity contribution < 1.29 is 21.9 Å². The summed E-state index contributed by atoms with van der Waals surface area (Å²) in [4.78, 5) is 15.6. The normalized spacial score (nSPS) is 13.8. The first-order valence-electron chi connectivity index (χ1n) is 12.4. The van der Waals surface area contributed by atoms with Gasteiger partial charge in [0, 0.05) is 35.1 Å². The van der Waals surface area contributed by atoms with Crippen LogP contribution in [-0.4, -0.2) is 55.7 Å². The molecule has 0 spiro atoms. The maximum absolute atomic E-state index is 12.6. The number of pyridine rings is 1. The molecule has 13 heteroatoms. The van der Waals surface area contributed by atoms with E-state index >= 15 is 0 Å². The van der Waals surface area contributed by atoms with Crippen LogP contribution in [0, 0.1) is 6.92 Å². The molecule has 3 heterocycles. The molecule has 9 nitrogen and oxygen atoms in total. The highest BCUT2D eigenvalue weighted by Gasteiger charge is 2.24. The van der Waals surface area contributed by atoms with Gasteiger partial charge in [0.1, 0.15) is 24.0 Å². The molecule has 39 heavy (non-hydrogen) atoms. The first-order chi connectivity index (χ1) is 18.4. The quantitative estimate of drug-likeness (QED) is 0.349. The molecule has 0 amide bonds. The van der Waals surface area contributed by atoms with Crippen molar-refractivity contribution in [2.45, 2.75) is 46.2 Å². The molecule has 0 atom stereocenters. The monoisotopic (exact) mass is 580 g/mol. The van der Waals surface area contributed by atoms with Crippen LogP contribution >= 0.6 is 11.6 Å². The summed E-state index contributed by atoms with van der Waals surface area (Å²) < 4.78 is 57.2. The van der Waals surface area contributed by atoms with Crippen molar-refractivity contribution in [3.8, 4) is 16.9 Å². The van der Waals surface area contributed by atoms with Crippen molar-refractivity contribution in [2.24, 2.45) is 0 Å². The zero-order valence-corrected chi connectivity index (χ0v) is 23.7. The van der Waals surface area contributed by atoms with Crippen molar-refractivity contribution in [3.05, 3.63) is 58.3 Å². The van der Waals surface area contributed by atoms with E-state index in [-0.39, 0.29) is 23.3 Å². The standard InChI is InChI=1S/C26H31ClF2N6O3S/c1-15(2)24-16(3)32-23(13-30-12-22(28)29)33-26(24)35-7-8-38-21-6-5-17(9-19(21)14-35)18-10-20(25(27)31-11-18)34-39(4,36)37/h5-6,9-11,15,22,30,34H,7-8,12-14H2,1-4H3. The third-order valence-corrected chi connectivity index (χ3v) is 7.02. The molecule has 2 aromatic heterocycles. The molecule has 0 bridgehead atoms. The number of hydrogen-bond acceptors (Lipinski definition) is 8.